The van der Waals surface area contributed by atoms with Crippen LogP contribution >= 0.6 is 0 Å². The van der Waals surface area contributed by atoms with Crippen molar-refractivity contribution in [3.63, 3.8) is 0 Å². The number of aromatic nitrogens is 1. The Balaban J connectivity index is 2.20. The Morgan fingerprint density at radius 2 is 2.05 bits per heavy atom. The van der Waals surface area contributed by atoms with Crippen molar-refractivity contribution in [1.82, 2.24) is 10.3 Å². The number of carbonyl (C=O) groups excluding carboxylic acids is 1. The number of pyridine rings is 1. The quantitative estimate of drug-likeness (QED) is 0.889. The molecule has 0 bridgehead atoms. The number of hydrogen-bond acceptors (Lipinski definition) is 4. The minimum absolute atomic E-state index is 0.135. The van der Waals surface area contributed by atoms with Gasteiger partial charge in [0, 0.05) is 0 Å². The van der Waals surface area contributed by atoms with Gasteiger partial charge in [0.15, 0.2) is 0 Å². The second kappa shape index (κ2) is 6.14. The normalized spacial score (nSPS) is 24.3. The summed E-state index contributed by atoms with van der Waals surface area (Å²) < 4.78 is 0. The molecule has 1 aromatic rings. The van der Waals surface area contributed by atoms with E-state index in [0.717, 1.165) is 12.8 Å². The van der Waals surface area contributed by atoms with Crippen molar-refractivity contribution in [2.45, 2.75) is 45.1 Å². The first-order valence-corrected chi connectivity index (χ1v) is 7.31. The van der Waals surface area contributed by atoms with Crippen molar-refractivity contribution >= 4 is 11.9 Å². The van der Waals surface area contributed by atoms with E-state index in [1.165, 1.54) is 12.1 Å². The standard InChI is InChI=1S/C16H19N3O3/c1-10-5-7-16(8-6-10,15(21)22)19-14(20)13-4-3-12(9-17)11(2)18-13/h3-4,10H,5-8H2,1-2H3,(H,19,20)(H,21,22). The number of nitriles is 1. The molecular formula is C16H19N3O3. The number of carbonyl (C=O) groups is 2. The predicted molar refractivity (Wildman–Crippen MR) is 79.2 cm³/mol. The summed E-state index contributed by atoms with van der Waals surface area (Å²) in [5.41, 5.74) is -0.226. The molecule has 116 valence electrons. The van der Waals surface area contributed by atoms with E-state index in [9.17, 15) is 14.7 Å². The van der Waals surface area contributed by atoms with Gasteiger partial charge >= 0.3 is 5.97 Å². The van der Waals surface area contributed by atoms with E-state index >= 15 is 0 Å². The average Bonchev–Trinajstić information content (AvgIpc) is 2.49. The molecule has 1 aromatic heterocycles. The van der Waals surface area contributed by atoms with Gasteiger partial charge in [-0.3, -0.25) is 4.79 Å². The molecule has 22 heavy (non-hydrogen) atoms. The van der Waals surface area contributed by atoms with E-state index < -0.39 is 17.4 Å². The second-order valence-corrected chi connectivity index (χ2v) is 5.97. The first-order valence-electron chi connectivity index (χ1n) is 7.31. The second-order valence-electron chi connectivity index (χ2n) is 5.97. The van der Waals surface area contributed by atoms with Crippen LogP contribution in [0.2, 0.25) is 0 Å². The molecule has 0 radical (unpaired) electrons. The molecule has 0 atom stereocenters. The molecule has 1 fully saturated rings. The summed E-state index contributed by atoms with van der Waals surface area (Å²) in [5, 5.41) is 21.1. The smallest absolute Gasteiger partial charge is 0.329 e. The third-order valence-electron chi connectivity index (χ3n) is 4.33. The molecule has 6 nitrogen and oxygen atoms in total. The van der Waals surface area contributed by atoms with Crippen LogP contribution in [-0.4, -0.2) is 27.5 Å². The SMILES string of the molecule is Cc1nc(C(=O)NC2(C(=O)O)CCC(C)CC2)ccc1C#N. The molecule has 1 aliphatic rings. The lowest BCUT2D eigenvalue weighted by molar-refractivity contribution is -0.146. The highest BCUT2D eigenvalue weighted by Crippen LogP contribution is 2.32. The largest absolute Gasteiger partial charge is 0.480 e. The maximum atomic E-state index is 12.3. The number of nitrogens with one attached hydrogen (secondary N) is 1. The molecule has 0 saturated heterocycles. The van der Waals surface area contributed by atoms with Crippen LogP contribution in [0.25, 0.3) is 0 Å². The van der Waals surface area contributed by atoms with Crippen molar-refractivity contribution in [2.75, 3.05) is 0 Å². The van der Waals surface area contributed by atoms with E-state index in [2.05, 4.69) is 17.2 Å². The monoisotopic (exact) mass is 301 g/mol. The zero-order valence-electron chi connectivity index (χ0n) is 12.7. The van der Waals surface area contributed by atoms with Gasteiger partial charge in [-0.05, 0) is 50.7 Å². The maximum Gasteiger partial charge on any atom is 0.329 e. The highest BCUT2D eigenvalue weighted by molar-refractivity contribution is 5.96. The molecule has 0 spiro atoms. The number of aryl methyl sites for hydroxylation is 1. The number of aliphatic carboxylic acids is 1. The summed E-state index contributed by atoms with van der Waals surface area (Å²) >= 11 is 0. The fourth-order valence-electron chi connectivity index (χ4n) is 2.73. The van der Waals surface area contributed by atoms with E-state index in [1.807, 2.05) is 6.07 Å². The third kappa shape index (κ3) is 3.08. The molecule has 0 aromatic carbocycles. The Bertz CT molecular complexity index is 641. The van der Waals surface area contributed by atoms with Gasteiger partial charge in [0.05, 0.1) is 11.3 Å². The predicted octanol–water partition coefficient (Wildman–Crippen LogP) is 2.02. The van der Waals surface area contributed by atoms with E-state index in [0.29, 0.717) is 30.0 Å². The average molecular weight is 301 g/mol. The van der Waals surface area contributed by atoms with Crippen LogP contribution in [0.15, 0.2) is 12.1 Å². The van der Waals surface area contributed by atoms with E-state index in [4.69, 9.17) is 5.26 Å². The molecule has 6 heteroatoms. The van der Waals surface area contributed by atoms with Crippen molar-refractivity contribution in [2.24, 2.45) is 5.92 Å². The molecule has 2 N–H and O–H groups in total. The number of rotatable bonds is 3. The first-order chi connectivity index (χ1) is 10.4. The summed E-state index contributed by atoms with van der Waals surface area (Å²) in [5.74, 6) is -1.04. The number of nitrogens with zero attached hydrogens (tertiary/aromatic N) is 2. The van der Waals surface area contributed by atoms with Gasteiger partial charge in [0.2, 0.25) is 0 Å². The Labute approximate surface area is 129 Å². The van der Waals surface area contributed by atoms with Crippen molar-refractivity contribution in [3.05, 3.63) is 29.1 Å². The van der Waals surface area contributed by atoms with Crippen LogP contribution in [0.4, 0.5) is 0 Å². The minimum Gasteiger partial charge on any atom is -0.480 e. The summed E-state index contributed by atoms with van der Waals surface area (Å²) in [6.45, 7) is 3.73. The lowest BCUT2D eigenvalue weighted by Gasteiger charge is -2.36. The zero-order valence-corrected chi connectivity index (χ0v) is 12.7. The highest BCUT2D eigenvalue weighted by Gasteiger charge is 2.42. The van der Waals surface area contributed by atoms with E-state index in [1.54, 1.807) is 6.92 Å². The highest BCUT2D eigenvalue weighted by atomic mass is 16.4. The van der Waals surface area contributed by atoms with Crippen LogP contribution in [0, 0.1) is 24.2 Å². The summed E-state index contributed by atoms with van der Waals surface area (Å²) in [7, 11) is 0. The van der Waals surface area contributed by atoms with Gasteiger partial charge in [-0.25, -0.2) is 9.78 Å². The summed E-state index contributed by atoms with van der Waals surface area (Å²) in [6.07, 6.45) is 2.38. The van der Waals surface area contributed by atoms with E-state index in [-0.39, 0.29) is 5.69 Å². The molecule has 2 rings (SSSR count). The van der Waals surface area contributed by atoms with Gasteiger partial charge in [-0.1, -0.05) is 6.92 Å². The van der Waals surface area contributed by atoms with Crippen molar-refractivity contribution in [1.29, 1.82) is 5.26 Å². The number of hydrogen-bond donors (Lipinski definition) is 2. The molecule has 1 heterocycles. The Morgan fingerprint density at radius 1 is 1.41 bits per heavy atom. The van der Waals surface area contributed by atoms with Crippen molar-refractivity contribution < 1.29 is 14.7 Å². The van der Waals surface area contributed by atoms with Gasteiger partial charge in [-0.2, -0.15) is 5.26 Å². The van der Waals surface area contributed by atoms with Crippen molar-refractivity contribution in [3.8, 4) is 6.07 Å². The zero-order chi connectivity index (χ0) is 16.3. The number of carboxylic acid groups (broad SMARTS) is 1. The Hall–Kier alpha value is -2.42. The molecule has 0 unspecified atom stereocenters. The molecule has 1 aliphatic carbocycles. The van der Waals surface area contributed by atoms with Crippen LogP contribution in [0.5, 0.6) is 0 Å². The lowest BCUT2D eigenvalue weighted by atomic mass is 9.77. The minimum atomic E-state index is -1.22. The van der Waals surface area contributed by atoms with Gasteiger partial charge in [-0.15, -0.1) is 0 Å². The van der Waals surface area contributed by atoms with Gasteiger partial charge in [0.25, 0.3) is 5.91 Å². The molecule has 0 aliphatic heterocycles. The topological polar surface area (TPSA) is 103 Å². The lowest BCUT2D eigenvalue weighted by Crippen LogP contribution is -2.56. The van der Waals surface area contributed by atoms with Crippen LogP contribution in [0.1, 0.15) is 54.4 Å². The van der Waals surface area contributed by atoms with Crippen LogP contribution in [-0.2, 0) is 4.79 Å². The number of amides is 1. The maximum absolute atomic E-state index is 12.3. The summed E-state index contributed by atoms with van der Waals surface area (Å²) in [4.78, 5) is 28.1. The van der Waals surface area contributed by atoms with Gasteiger partial charge in [0.1, 0.15) is 17.3 Å². The number of carboxylic acids is 1. The Kier molecular flexibility index (Phi) is 4.45. The molecule has 1 saturated carbocycles. The van der Waals surface area contributed by atoms with Crippen LogP contribution in [0.3, 0.4) is 0 Å². The molecule has 1 amide bonds. The fraction of sp³-hybridized carbons (Fsp3) is 0.500. The Morgan fingerprint density at radius 3 is 2.55 bits per heavy atom. The summed E-state index contributed by atoms with van der Waals surface area (Å²) in [6, 6.07) is 4.95. The third-order valence-corrected chi connectivity index (χ3v) is 4.33. The fourth-order valence-corrected chi connectivity index (χ4v) is 2.73. The molecular weight excluding hydrogens is 282 g/mol. The first kappa shape index (κ1) is 16.0. The van der Waals surface area contributed by atoms with Gasteiger partial charge < -0.3 is 10.4 Å². The van der Waals surface area contributed by atoms with Crippen LogP contribution < -0.4 is 5.32 Å².